The molecule has 1 spiro atoms. The van der Waals surface area contributed by atoms with Crippen LogP contribution >= 0.6 is 0 Å². The molecule has 2 fully saturated rings. The molecule has 4 heterocycles. The first-order valence-electron chi connectivity index (χ1n) is 21.3. The maximum absolute atomic E-state index is 16.3. The van der Waals surface area contributed by atoms with Crippen molar-refractivity contribution in [1.82, 2.24) is 9.80 Å². The number of benzene rings is 5. The van der Waals surface area contributed by atoms with Crippen molar-refractivity contribution < 1.29 is 52.7 Å². The number of hydrogen-bond acceptors (Lipinski definition) is 12. The van der Waals surface area contributed by atoms with Crippen molar-refractivity contribution in [2.45, 2.75) is 42.6 Å². The Morgan fingerprint density at radius 2 is 1.41 bits per heavy atom. The van der Waals surface area contributed by atoms with Gasteiger partial charge in [-0.25, -0.2) is 9.69 Å². The van der Waals surface area contributed by atoms with Crippen LogP contribution in [0.2, 0.25) is 0 Å². The highest BCUT2D eigenvalue weighted by Gasteiger charge is 2.76. The van der Waals surface area contributed by atoms with Gasteiger partial charge in [0.2, 0.25) is 11.8 Å². The van der Waals surface area contributed by atoms with Gasteiger partial charge in [-0.15, -0.1) is 0 Å². The molecule has 9 rings (SSSR count). The third kappa shape index (κ3) is 6.93. The van der Waals surface area contributed by atoms with Crippen LogP contribution in [0, 0.1) is 5.92 Å². The Balaban J connectivity index is 1.33. The number of hydrogen-bond donors (Lipinski definition) is 1. The lowest BCUT2D eigenvalue weighted by molar-refractivity contribution is -0.179. The first-order valence-corrected chi connectivity index (χ1v) is 21.3. The Labute approximate surface area is 370 Å². The number of para-hydroxylation sites is 2. The molecule has 4 aliphatic rings. The smallest absolute Gasteiger partial charge is 0.421 e. The van der Waals surface area contributed by atoms with Crippen molar-refractivity contribution in [3.63, 3.8) is 0 Å². The summed E-state index contributed by atoms with van der Waals surface area (Å²) in [5.74, 6) is -2.01. The highest BCUT2D eigenvalue weighted by atomic mass is 16.6. The molecule has 1 N–H and O–H groups in total. The molecule has 5 aromatic carbocycles. The molecule has 2 saturated heterocycles. The van der Waals surface area contributed by atoms with E-state index < -0.39 is 59.4 Å². The zero-order valence-corrected chi connectivity index (χ0v) is 35.8. The average molecular weight is 868 g/mol. The second-order valence-corrected chi connectivity index (χ2v) is 16.1. The fourth-order valence-electron chi connectivity index (χ4n) is 10.3. The van der Waals surface area contributed by atoms with Gasteiger partial charge in [-0.2, -0.15) is 0 Å². The molecule has 14 heteroatoms. The van der Waals surface area contributed by atoms with Gasteiger partial charge in [-0.3, -0.25) is 19.3 Å². The van der Waals surface area contributed by atoms with Gasteiger partial charge < -0.3 is 38.4 Å². The molecule has 0 saturated carbocycles. The maximum atomic E-state index is 16.3. The van der Waals surface area contributed by atoms with Crippen LogP contribution in [0.5, 0.6) is 17.2 Å². The van der Waals surface area contributed by atoms with Crippen LogP contribution in [0.4, 0.5) is 10.5 Å². The Morgan fingerprint density at radius 1 is 0.750 bits per heavy atom. The minimum atomic E-state index is -1.98. The molecular weight excluding hydrogens is 819 g/mol. The lowest BCUT2D eigenvalue weighted by atomic mass is 9.65. The van der Waals surface area contributed by atoms with Gasteiger partial charge in [-0.1, -0.05) is 97.1 Å². The summed E-state index contributed by atoms with van der Waals surface area (Å²) in [6.45, 7) is -0.0592. The molecule has 0 aromatic heterocycles. The predicted octanol–water partition coefficient (Wildman–Crippen LogP) is 6.11. The summed E-state index contributed by atoms with van der Waals surface area (Å²) < 4.78 is 35.0. The third-order valence-electron chi connectivity index (χ3n) is 12.9. The minimum absolute atomic E-state index is 0.0777. The molecule has 0 bridgehead atoms. The van der Waals surface area contributed by atoms with Crippen molar-refractivity contribution in [3.05, 3.63) is 155 Å². The number of morpholine rings is 1. The van der Waals surface area contributed by atoms with Crippen LogP contribution < -0.4 is 19.1 Å². The Bertz CT molecular complexity index is 2560. The molecule has 3 amide bonds. The lowest BCUT2D eigenvalue weighted by Crippen LogP contribution is -2.57. The standard InChI is InChI=1S/C50H49N3O11/c1-59-26-27-63-49(58)52-37-20-12-11-19-36(37)50(48(52)57)41(46(55)51-23-22-33-28-39(60-2)40(61-3)29-34(33)30-51)43-47(56)64-44(32-16-8-5-9-17-32)42(31-14-6-4-7-15-31)53(43)45(50)35-18-10-13-21-38(35)62-25-24-54/h4-21,28-29,41-45,54H,22-27,30H2,1-3H3/t41-,42-,43-,44+,45+,50-/m0/s1. The van der Waals surface area contributed by atoms with Crippen LogP contribution in [-0.2, 0) is 47.0 Å². The number of rotatable bonds is 12. The first kappa shape index (κ1) is 42.6. The second kappa shape index (κ2) is 17.8. The van der Waals surface area contributed by atoms with Crippen LogP contribution in [0.3, 0.4) is 0 Å². The third-order valence-corrected chi connectivity index (χ3v) is 12.9. The van der Waals surface area contributed by atoms with E-state index in [0.717, 1.165) is 21.6 Å². The number of ether oxygens (including phenoxy) is 6. The Morgan fingerprint density at radius 3 is 2.11 bits per heavy atom. The number of aliphatic hydroxyl groups excluding tert-OH is 1. The Hall–Kier alpha value is -6.74. The highest BCUT2D eigenvalue weighted by molar-refractivity contribution is 6.23. The normalized spacial score (nSPS) is 23.5. The quantitative estimate of drug-likeness (QED) is 0.114. The van der Waals surface area contributed by atoms with E-state index in [-0.39, 0.29) is 45.2 Å². The average Bonchev–Trinajstić information content (AvgIpc) is 3.79. The molecule has 330 valence electrons. The van der Waals surface area contributed by atoms with Crippen LogP contribution in [0.15, 0.2) is 121 Å². The van der Waals surface area contributed by atoms with E-state index >= 15 is 14.4 Å². The molecule has 5 aromatic rings. The van der Waals surface area contributed by atoms with Gasteiger partial charge in [0.05, 0.1) is 51.1 Å². The monoisotopic (exact) mass is 867 g/mol. The van der Waals surface area contributed by atoms with Crippen molar-refractivity contribution in [2.75, 3.05) is 59.2 Å². The second-order valence-electron chi connectivity index (χ2n) is 16.1. The summed E-state index contributed by atoms with van der Waals surface area (Å²) in [4.78, 5) is 66.9. The van der Waals surface area contributed by atoms with E-state index in [1.165, 1.54) is 7.11 Å². The maximum Gasteiger partial charge on any atom is 0.421 e. The zero-order chi connectivity index (χ0) is 44.5. The van der Waals surface area contributed by atoms with Crippen molar-refractivity contribution in [1.29, 1.82) is 0 Å². The molecule has 0 aliphatic carbocycles. The summed E-state index contributed by atoms with van der Waals surface area (Å²) in [6, 6.07) is 33.4. The summed E-state index contributed by atoms with van der Waals surface area (Å²) >= 11 is 0. The van der Waals surface area contributed by atoms with Gasteiger partial charge in [0.15, 0.2) is 11.5 Å². The molecule has 14 nitrogen and oxygen atoms in total. The van der Waals surface area contributed by atoms with E-state index in [1.807, 2.05) is 83.8 Å². The van der Waals surface area contributed by atoms with Gasteiger partial charge in [0.1, 0.15) is 36.5 Å². The minimum Gasteiger partial charge on any atom is -0.493 e. The fraction of sp³-hybridized carbons (Fsp3) is 0.320. The predicted molar refractivity (Wildman–Crippen MR) is 233 cm³/mol. The number of anilines is 1. The topological polar surface area (TPSA) is 154 Å². The lowest BCUT2D eigenvalue weighted by Gasteiger charge is -2.46. The number of methoxy groups -OCH3 is 3. The number of amides is 3. The van der Waals surface area contributed by atoms with E-state index in [9.17, 15) is 9.90 Å². The Kier molecular flexibility index (Phi) is 11.8. The van der Waals surface area contributed by atoms with Gasteiger partial charge in [0.25, 0.3) is 0 Å². The van der Waals surface area contributed by atoms with Crippen LogP contribution in [-0.4, -0.2) is 99.1 Å². The molecule has 0 unspecified atom stereocenters. The van der Waals surface area contributed by atoms with Gasteiger partial charge in [0, 0.05) is 25.8 Å². The first-order chi connectivity index (χ1) is 31.3. The van der Waals surface area contributed by atoms with E-state index in [4.69, 9.17) is 28.4 Å². The van der Waals surface area contributed by atoms with Crippen LogP contribution in [0.1, 0.15) is 51.6 Å². The van der Waals surface area contributed by atoms with E-state index in [2.05, 4.69) is 0 Å². The number of cyclic esters (lactones) is 1. The van der Waals surface area contributed by atoms with Gasteiger partial charge in [-0.05, 0) is 58.5 Å². The summed E-state index contributed by atoms with van der Waals surface area (Å²) in [5, 5.41) is 10.0. The zero-order valence-electron chi connectivity index (χ0n) is 35.8. The van der Waals surface area contributed by atoms with Gasteiger partial charge >= 0.3 is 12.1 Å². The highest BCUT2D eigenvalue weighted by Crippen LogP contribution is 2.67. The number of fused-ring (bicyclic) bond motifs is 4. The summed E-state index contributed by atoms with van der Waals surface area (Å²) in [7, 11) is 4.59. The molecule has 4 aliphatic heterocycles. The SMILES string of the molecule is COCCOC(=O)N1C(=O)[C@@]2(c3ccccc31)[C@H](C(=O)N1CCc3cc(OC)c(OC)cc3C1)[C@H]1C(=O)O[C@H](c3ccccc3)[C@H](c3ccccc3)N1[C@@H]2c1ccccc1OCCO. The number of esters is 1. The van der Waals surface area contributed by atoms with Crippen molar-refractivity contribution in [2.24, 2.45) is 5.92 Å². The number of carbonyl (C=O) groups is 4. The summed E-state index contributed by atoms with van der Waals surface area (Å²) in [6.07, 6.45) is -1.41. The molecule has 0 radical (unpaired) electrons. The number of aliphatic hydroxyl groups is 1. The van der Waals surface area contributed by atoms with E-state index in [0.29, 0.717) is 40.4 Å². The number of imide groups is 1. The summed E-state index contributed by atoms with van der Waals surface area (Å²) in [5.41, 5.74) is 2.32. The van der Waals surface area contributed by atoms with Crippen molar-refractivity contribution in [3.8, 4) is 17.2 Å². The fourth-order valence-corrected chi connectivity index (χ4v) is 10.3. The van der Waals surface area contributed by atoms with Crippen molar-refractivity contribution >= 4 is 29.6 Å². The molecular formula is C50H49N3O11. The number of nitrogens with zero attached hydrogens (tertiary/aromatic N) is 3. The van der Waals surface area contributed by atoms with Crippen LogP contribution in [0.25, 0.3) is 0 Å². The van der Waals surface area contributed by atoms with E-state index in [1.54, 1.807) is 61.6 Å². The number of carbonyl (C=O) groups excluding carboxylic acids is 4. The molecule has 6 atom stereocenters. The molecule has 64 heavy (non-hydrogen) atoms. The largest absolute Gasteiger partial charge is 0.493 e.